The molecule has 1 heterocycles. The molecule has 1 aromatic carbocycles. The summed E-state index contributed by atoms with van der Waals surface area (Å²) in [6.45, 7) is 4.62. The van der Waals surface area contributed by atoms with Crippen LogP contribution in [0.2, 0.25) is 0 Å². The lowest BCUT2D eigenvalue weighted by Crippen LogP contribution is -2.14. The number of carboxylic acid groups (broad SMARTS) is 1. The van der Waals surface area contributed by atoms with Crippen molar-refractivity contribution in [3.05, 3.63) is 30.0 Å². The molecule has 1 unspecified atom stereocenters. The molecule has 0 fully saturated rings. The van der Waals surface area contributed by atoms with Crippen molar-refractivity contribution in [3.8, 4) is 5.75 Å². The lowest BCUT2D eigenvalue weighted by molar-refractivity contribution is -0.141. The molecule has 0 aliphatic heterocycles. The van der Waals surface area contributed by atoms with E-state index in [1.165, 1.54) is 0 Å². The van der Waals surface area contributed by atoms with E-state index in [4.69, 9.17) is 9.84 Å². The Kier molecular flexibility index (Phi) is 3.79. The molecule has 102 valence electrons. The van der Waals surface area contributed by atoms with Gasteiger partial charge in [0.2, 0.25) is 0 Å². The average Bonchev–Trinajstić information content (AvgIpc) is 2.74. The first-order valence-corrected chi connectivity index (χ1v) is 6.45. The van der Waals surface area contributed by atoms with Crippen LogP contribution in [0.4, 0.5) is 0 Å². The van der Waals surface area contributed by atoms with E-state index in [1.54, 1.807) is 14.0 Å². The number of aromatic nitrogens is 1. The summed E-state index contributed by atoms with van der Waals surface area (Å²) in [6, 6.07) is 7.99. The minimum atomic E-state index is -0.759. The van der Waals surface area contributed by atoms with E-state index in [-0.39, 0.29) is 5.92 Å². The molecule has 4 nitrogen and oxygen atoms in total. The highest BCUT2D eigenvalue weighted by Gasteiger charge is 2.16. The zero-order valence-corrected chi connectivity index (χ0v) is 11.5. The standard InChI is InChI=1S/C15H19NO3/c1-4-16-12(7-10(2)15(17)18)8-11-5-6-13(19-3)9-14(11)16/h5-6,8-10H,4,7H2,1-3H3,(H,17,18). The van der Waals surface area contributed by atoms with Gasteiger partial charge in [0.25, 0.3) is 0 Å². The average molecular weight is 261 g/mol. The highest BCUT2D eigenvalue weighted by atomic mass is 16.5. The van der Waals surface area contributed by atoms with Crippen LogP contribution in [0.25, 0.3) is 10.9 Å². The van der Waals surface area contributed by atoms with Crippen LogP contribution in [0.15, 0.2) is 24.3 Å². The zero-order valence-electron chi connectivity index (χ0n) is 11.5. The van der Waals surface area contributed by atoms with Gasteiger partial charge in [0.15, 0.2) is 0 Å². The number of nitrogens with zero attached hydrogens (tertiary/aromatic N) is 1. The van der Waals surface area contributed by atoms with Crippen LogP contribution >= 0.6 is 0 Å². The summed E-state index contributed by atoms with van der Waals surface area (Å²) in [5.41, 5.74) is 2.15. The van der Waals surface area contributed by atoms with E-state index in [9.17, 15) is 4.79 Å². The van der Waals surface area contributed by atoms with Crippen LogP contribution in [0.1, 0.15) is 19.5 Å². The second-order valence-electron chi connectivity index (χ2n) is 4.75. The third-order valence-electron chi connectivity index (χ3n) is 3.45. The number of carboxylic acids is 1. The largest absolute Gasteiger partial charge is 0.497 e. The van der Waals surface area contributed by atoms with Crippen LogP contribution in [0.3, 0.4) is 0 Å². The first kappa shape index (κ1) is 13.5. The fourth-order valence-corrected chi connectivity index (χ4v) is 2.36. The van der Waals surface area contributed by atoms with Crippen LogP contribution in [0, 0.1) is 5.92 Å². The van der Waals surface area contributed by atoms with Crippen LogP contribution in [-0.2, 0) is 17.8 Å². The molecule has 0 saturated heterocycles. The molecule has 1 atom stereocenters. The van der Waals surface area contributed by atoms with E-state index < -0.39 is 5.97 Å². The molecule has 4 heteroatoms. The van der Waals surface area contributed by atoms with Gasteiger partial charge in [-0.25, -0.2) is 0 Å². The molecule has 19 heavy (non-hydrogen) atoms. The Morgan fingerprint density at radius 2 is 2.16 bits per heavy atom. The minimum absolute atomic E-state index is 0.378. The Hall–Kier alpha value is -1.97. The van der Waals surface area contributed by atoms with Crippen molar-refractivity contribution in [1.82, 2.24) is 4.57 Å². The Bertz CT molecular complexity index is 601. The Morgan fingerprint density at radius 3 is 2.74 bits per heavy atom. The molecule has 2 rings (SSSR count). The highest BCUT2D eigenvalue weighted by molar-refractivity contribution is 5.83. The number of hydrogen-bond acceptors (Lipinski definition) is 2. The summed E-state index contributed by atoms with van der Waals surface area (Å²) in [6.07, 6.45) is 0.542. The van der Waals surface area contributed by atoms with Gasteiger partial charge in [-0.1, -0.05) is 6.92 Å². The first-order chi connectivity index (χ1) is 9.06. The van der Waals surface area contributed by atoms with Gasteiger partial charge in [-0.15, -0.1) is 0 Å². The predicted octanol–water partition coefficient (Wildman–Crippen LogP) is 2.93. The second-order valence-corrected chi connectivity index (χ2v) is 4.75. The van der Waals surface area contributed by atoms with Gasteiger partial charge in [0.1, 0.15) is 5.75 Å². The molecular weight excluding hydrogens is 242 g/mol. The Labute approximate surface area is 112 Å². The van der Waals surface area contributed by atoms with E-state index in [0.717, 1.165) is 28.9 Å². The summed E-state index contributed by atoms with van der Waals surface area (Å²) >= 11 is 0. The minimum Gasteiger partial charge on any atom is -0.497 e. The van der Waals surface area contributed by atoms with Gasteiger partial charge in [-0.2, -0.15) is 0 Å². The van der Waals surface area contributed by atoms with Crippen LogP contribution in [-0.4, -0.2) is 22.8 Å². The maximum absolute atomic E-state index is 11.0. The van der Waals surface area contributed by atoms with Crippen molar-refractivity contribution in [2.45, 2.75) is 26.8 Å². The fourth-order valence-electron chi connectivity index (χ4n) is 2.36. The lowest BCUT2D eigenvalue weighted by atomic mass is 10.1. The summed E-state index contributed by atoms with van der Waals surface area (Å²) in [4.78, 5) is 11.0. The molecule has 0 aliphatic carbocycles. The topological polar surface area (TPSA) is 51.5 Å². The molecule has 0 radical (unpaired) electrons. The molecule has 0 aliphatic rings. The number of methoxy groups -OCH3 is 1. The van der Waals surface area contributed by atoms with Crippen LogP contribution < -0.4 is 4.74 Å². The number of hydrogen-bond donors (Lipinski definition) is 1. The number of benzene rings is 1. The molecule has 1 aromatic heterocycles. The molecular formula is C15H19NO3. The molecule has 0 spiro atoms. The normalized spacial score (nSPS) is 12.6. The van der Waals surface area contributed by atoms with Crippen molar-refractivity contribution in [3.63, 3.8) is 0 Å². The van der Waals surface area contributed by atoms with Crippen molar-refractivity contribution in [2.24, 2.45) is 5.92 Å². The number of carbonyl (C=O) groups is 1. The van der Waals surface area contributed by atoms with E-state index in [1.807, 2.05) is 18.2 Å². The number of aliphatic carboxylic acids is 1. The number of fused-ring (bicyclic) bond motifs is 1. The summed E-state index contributed by atoms with van der Waals surface area (Å²) in [5.74, 6) is -0.319. The Morgan fingerprint density at radius 1 is 1.42 bits per heavy atom. The predicted molar refractivity (Wildman–Crippen MR) is 74.7 cm³/mol. The monoisotopic (exact) mass is 261 g/mol. The van der Waals surface area contributed by atoms with Gasteiger partial charge in [0.05, 0.1) is 18.5 Å². The summed E-state index contributed by atoms with van der Waals surface area (Å²) < 4.78 is 7.39. The van der Waals surface area contributed by atoms with Gasteiger partial charge in [0, 0.05) is 30.1 Å². The third kappa shape index (κ3) is 2.57. The van der Waals surface area contributed by atoms with Gasteiger partial charge in [-0.3, -0.25) is 4.79 Å². The third-order valence-corrected chi connectivity index (χ3v) is 3.45. The fraction of sp³-hybridized carbons (Fsp3) is 0.400. The zero-order chi connectivity index (χ0) is 14.0. The number of rotatable bonds is 5. The van der Waals surface area contributed by atoms with Crippen molar-refractivity contribution in [1.29, 1.82) is 0 Å². The van der Waals surface area contributed by atoms with Crippen LogP contribution in [0.5, 0.6) is 5.75 Å². The molecule has 2 aromatic rings. The maximum Gasteiger partial charge on any atom is 0.306 e. The van der Waals surface area contributed by atoms with Gasteiger partial charge < -0.3 is 14.4 Å². The first-order valence-electron chi connectivity index (χ1n) is 6.45. The SMILES string of the molecule is CCn1c(CC(C)C(=O)O)cc2ccc(OC)cc21. The van der Waals surface area contributed by atoms with E-state index in [2.05, 4.69) is 17.6 Å². The van der Waals surface area contributed by atoms with E-state index >= 15 is 0 Å². The van der Waals surface area contributed by atoms with Crippen molar-refractivity contribution >= 4 is 16.9 Å². The summed E-state index contributed by atoms with van der Waals surface area (Å²) in [7, 11) is 1.65. The molecule has 0 amide bonds. The number of ether oxygens (including phenoxy) is 1. The van der Waals surface area contributed by atoms with Gasteiger partial charge >= 0.3 is 5.97 Å². The highest BCUT2D eigenvalue weighted by Crippen LogP contribution is 2.26. The van der Waals surface area contributed by atoms with Crippen molar-refractivity contribution in [2.75, 3.05) is 7.11 Å². The lowest BCUT2D eigenvalue weighted by Gasteiger charge is -2.10. The summed E-state index contributed by atoms with van der Waals surface area (Å²) in [5, 5.41) is 10.2. The second kappa shape index (κ2) is 5.34. The number of aryl methyl sites for hydroxylation is 1. The van der Waals surface area contributed by atoms with E-state index in [0.29, 0.717) is 6.42 Å². The molecule has 0 bridgehead atoms. The van der Waals surface area contributed by atoms with Crippen molar-refractivity contribution < 1.29 is 14.6 Å². The molecule has 0 saturated carbocycles. The quantitative estimate of drug-likeness (QED) is 0.900. The maximum atomic E-state index is 11.0. The molecule has 1 N–H and O–H groups in total. The Balaban J connectivity index is 2.47. The smallest absolute Gasteiger partial charge is 0.306 e. The van der Waals surface area contributed by atoms with Gasteiger partial charge in [-0.05, 0) is 25.1 Å².